The van der Waals surface area contributed by atoms with Gasteiger partial charge in [-0.1, -0.05) is 36.0 Å². The van der Waals surface area contributed by atoms with Crippen molar-refractivity contribution in [3.05, 3.63) is 47.0 Å². The molecule has 0 aliphatic heterocycles. The monoisotopic (exact) mass is 293 g/mol. The van der Waals surface area contributed by atoms with E-state index < -0.39 is 0 Å². The topological polar surface area (TPSA) is 68.0 Å². The predicted molar refractivity (Wildman–Crippen MR) is 78.9 cm³/mol. The summed E-state index contributed by atoms with van der Waals surface area (Å²) in [7, 11) is 0. The van der Waals surface area contributed by atoms with E-state index in [0.29, 0.717) is 0 Å². The largest absolute Gasteiger partial charge is 0.294 e. The number of carbonyl (C=O) groups excluding carboxylic acids is 1. The van der Waals surface area contributed by atoms with Crippen LogP contribution in [-0.2, 0) is 10.5 Å². The van der Waals surface area contributed by atoms with Crippen LogP contribution in [0.15, 0.2) is 40.2 Å². The Morgan fingerprint density at radius 3 is 2.79 bits per heavy atom. The standard InChI is InChI=1S/C13H15N3OS2/c1-9(12(17)16-14)11-4-2-10(3-5-11)8-19-13-15-6-7-18-13/h2-7,9H,8,14H2,1H3,(H,16,17). The van der Waals surface area contributed by atoms with Crippen molar-refractivity contribution in [3.8, 4) is 0 Å². The summed E-state index contributed by atoms with van der Waals surface area (Å²) in [6.45, 7) is 1.83. The third kappa shape index (κ3) is 3.79. The zero-order valence-corrected chi connectivity index (χ0v) is 12.1. The van der Waals surface area contributed by atoms with Crippen LogP contribution in [0.1, 0.15) is 24.0 Å². The number of nitrogens with zero attached hydrogens (tertiary/aromatic N) is 1. The molecule has 0 bridgehead atoms. The van der Waals surface area contributed by atoms with Crippen molar-refractivity contribution in [1.82, 2.24) is 10.4 Å². The first kappa shape index (κ1) is 14.0. The molecule has 1 aromatic carbocycles. The van der Waals surface area contributed by atoms with E-state index in [0.717, 1.165) is 15.7 Å². The molecule has 0 spiro atoms. The van der Waals surface area contributed by atoms with Gasteiger partial charge in [-0.25, -0.2) is 10.8 Å². The van der Waals surface area contributed by atoms with Gasteiger partial charge in [-0.3, -0.25) is 10.2 Å². The molecular weight excluding hydrogens is 278 g/mol. The number of hydrogen-bond acceptors (Lipinski definition) is 5. The molecule has 0 saturated carbocycles. The molecule has 4 nitrogen and oxygen atoms in total. The van der Waals surface area contributed by atoms with Crippen molar-refractivity contribution < 1.29 is 4.79 Å². The highest BCUT2D eigenvalue weighted by molar-refractivity contribution is 8.00. The van der Waals surface area contributed by atoms with Gasteiger partial charge in [0, 0.05) is 17.3 Å². The first-order valence-electron chi connectivity index (χ1n) is 5.82. The highest BCUT2D eigenvalue weighted by atomic mass is 32.2. The van der Waals surface area contributed by atoms with E-state index in [2.05, 4.69) is 10.4 Å². The Hall–Kier alpha value is -1.37. The van der Waals surface area contributed by atoms with E-state index in [4.69, 9.17) is 5.84 Å². The van der Waals surface area contributed by atoms with Crippen molar-refractivity contribution in [2.24, 2.45) is 5.84 Å². The van der Waals surface area contributed by atoms with E-state index in [9.17, 15) is 4.79 Å². The van der Waals surface area contributed by atoms with Crippen LogP contribution in [0.25, 0.3) is 0 Å². The number of carbonyl (C=O) groups is 1. The van der Waals surface area contributed by atoms with Crippen LogP contribution in [0.3, 0.4) is 0 Å². The van der Waals surface area contributed by atoms with Gasteiger partial charge in [0.05, 0.1) is 5.92 Å². The summed E-state index contributed by atoms with van der Waals surface area (Å²) < 4.78 is 1.07. The fraction of sp³-hybridized carbons (Fsp3) is 0.231. The summed E-state index contributed by atoms with van der Waals surface area (Å²) >= 11 is 3.36. The van der Waals surface area contributed by atoms with Crippen molar-refractivity contribution in [1.29, 1.82) is 0 Å². The molecular formula is C13H15N3OS2. The molecule has 0 aliphatic carbocycles. The van der Waals surface area contributed by atoms with Crippen molar-refractivity contribution in [2.45, 2.75) is 22.9 Å². The maximum absolute atomic E-state index is 11.4. The molecule has 1 amide bonds. The van der Waals surface area contributed by atoms with Crippen LogP contribution < -0.4 is 11.3 Å². The van der Waals surface area contributed by atoms with Crippen LogP contribution in [-0.4, -0.2) is 10.9 Å². The highest BCUT2D eigenvalue weighted by Crippen LogP contribution is 2.25. The van der Waals surface area contributed by atoms with Gasteiger partial charge >= 0.3 is 0 Å². The van der Waals surface area contributed by atoms with Crippen molar-refractivity contribution in [3.63, 3.8) is 0 Å². The molecule has 0 aliphatic rings. The Kier molecular flexibility index (Phi) is 4.95. The second kappa shape index (κ2) is 6.70. The van der Waals surface area contributed by atoms with E-state index in [1.165, 1.54) is 5.56 Å². The van der Waals surface area contributed by atoms with Crippen LogP contribution in [0.2, 0.25) is 0 Å². The second-order valence-corrected chi connectivity index (χ2v) is 6.18. The number of aromatic nitrogens is 1. The number of amides is 1. The molecule has 2 rings (SSSR count). The quantitative estimate of drug-likeness (QED) is 0.385. The Morgan fingerprint density at radius 1 is 1.47 bits per heavy atom. The summed E-state index contributed by atoms with van der Waals surface area (Å²) in [4.78, 5) is 15.7. The lowest BCUT2D eigenvalue weighted by molar-refractivity contribution is -0.122. The maximum atomic E-state index is 11.4. The minimum absolute atomic E-state index is 0.176. The number of hydrazine groups is 1. The van der Waals surface area contributed by atoms with Crippen LogP contribution >= 0.6 is 23.1 Å². The van der Waals surface area contributed by atoms with E-state index in [-0.39, 0.29) is 11.8 Å². The van der Waals surface area contributed by atoms with Gasteiger partial charge in [0.25, 0.3) is 0 Å². The fourth-order valence-electron chi connectivity index (χ4n) is 1.61. The number of hydrogen-bond donors (Lipinski definition) is 2. The Balaban J connectivity index is 1.96. The molecule has 0 fully saturated rings. The van der Waals surface area contributed by atoms with Crippen LogP contribution in [0.4, 0.5) is 0 Å². The first-order chi connectivity index (χ1) is 9.20. The molecule has 3 N–H and O–H groups in total. The molecule has 1 aromatic heterocycles. The Labute approximate surface area is 120 Å². The molecule has 100 valence electrons. The number of thioether (sulfide) groups is 1. The third-order valence-corrected chi connectivity index (χ3v) is 4.82. The van der Waals surface area contributed by atoms with Gasteiger partial charge < -0.3 is 0 Å². The second-order valence-electron chi connectivity index (χ2n) is 4.06. The fourth-order valence-corrected chi connectivity index (χ4v) is 3.20. The molecule has 6 heteroatoms. The summed E-state index contributed by atoms with van der Waals surface area (Å²) in [6, 6.07) is 8.02. The first-order valence-corrected chi connectivity index (χ1v) is 7.69. The Bertz CT molecular complexity index is 525. The average Bonchev–Trinajstić information content (AvgIpc) is 2.97. The molecule has 1 unspecified atom stereocenters. The zero-order chi connectivity index (χ0) is 13.7. The summed E-state index contributed by atoms with van der Waals surface area (Å²) in [5.74, 6) is 5.61. The summed E-state index contributed by atoms with van der Waals surface area (Å²) in [5, 5.41) is 1.97. The van der Waals surface area contributed by atoms with Gasteiger partial charge in [0.15, 0.2) is 0 Å². The summed E-state index contributed by atoms with van der Waals surface area (Å²) in [6.07, 6.45) is 1.81. The SMILES string of the molecule is CC(C(=O)NN)c1ccc(CSc2nccs2)cc1. The molecule has 1 heterocycles. The van der Waals surface area contributed by atoms with Gasteiger partial charge in [0.1, 0.15) is 4.34 Å². The lowest BCUT2D eigenvalue weighted by Gasteiger charge is -2.10. The van der Waals surface area contributed by atoms with E-state index in [1.54, 1.807) is 23.1 Å². The Morgan fingerprint density at radius 2 is 2.21 bits per heavy atom. The van der Waals surface area contributed by atoms with E-state index >= 15 is 0 Å². The molecule has 0 radical (unpaired) electrons. The minimum atomic E-state index is -0.231. The molecule has 1 atom stereocenters. The van der Waals surface area contributed by atoms with Gasteiger partial charge in [0.2, 0.25) is 5.91 Å². The number of benzene rings is 1. The predicted octanol–water partition coefficient (Wildman–Crippen LogP) is 2.53. The molecule has 19 heavy (non-hydrogen) atoms. The smallest absolute Gasteiger partial charge is 0.241 e. The summed E-state index contributed by atoms with van der Waals surface area (Å²) in [5.41, 5.74) is 4.35. The normalized spacial score (nSPS) is 12.1. The highest BCUT2D eigenvalue weighted by Gasteiger charge is 2.13. The molecule has 2 aromatic rings. The average molecular weight is 293 g/mol. The maximum Gasteiger partial charge on any atom is 0.241 e. The number of thiazole rings is 1. The zero-order valence-electron chi connectivity index (χ0n) is 10.5. The van der Waals surface area contributed by atoms with Crippen LogP contribution in [0.5, 0.6) is 0 Å². The minimum Gasteiger partial charge on any atom is -0.294 e. The molecule has 0 saturated heterocycles. The number of nitrogens with one attached hydrogen (secondary N) is 1. The van der Waals surface area contributed by atoms with Gasteiger partial charge in [-0.05, 0) is 18.1 Å². The van der Waals surface area contributed by atoms with Crippen molar-refractivity contribution >= 4 is 29.0 Å². The van der Waals surface area contributed by atoms with Crippen molar-refractivity contribution in [2.75, 3.05) is 0 Å². The number of rotatable bonds is 5. The lowest BCUT2D eigenvalue weighted by atomic mass is 10.00. The van der Waals surface area contributed by atoms with E-state index in [1.807, 2.05) is 42.8 Å². The van der Waals surface area contributed by atoms with Crippen LogP contribution in [0, 0.1) is 0 Å². The van der Waals surface area contributed by atoms with Gasteiger partial charge in [-0.2, -0.15) is 0 Å². The third-order valence-electron chi connectivity index (χ3n) is 2.79. The van der Waals surface area contributed by atoms with Gasteiger partial charge in [-0.15, -0.1) is 11.3 Å². The lowest BCUT2D eigenvalue weighted by Crippen LogP contribution is -2.33. The number of nitrogens with two attached hydrogens (primary N) is 1.